The molecule has 2 aromatic rings. The van der Waals surface area contributed by atoms with Crippen molar-refractivity contribution in [3.63, 3.8) is 0 Å². The summed E-state index contributed by atoms with van der Waals surface area (Å²) in [6.45, 7) is 0. The molecule has 3 rings (SSSR count). The highest BCUT2D eigenvalue weighted by atomic mass is 79.9. The molecular formula is C14H14BrClFN5. The van der Waals surface area contributed by atoms with Crippen LogP contribution < -0.4 is 10.6 Å². The molecule has 0 unspecified atom stereocenters. The summed E-state index contributed by atoms with van der Waals surface area (Å²) in [5.74, 6) is 0.492. The highest BCUT2D eigenvalue weighted by Gasteiger charge is 2.26. The number of rotatable bonds is 4. The predicted molar refractivity (Wildman–Crippen MR) is 87.6 cm³/mol. The molecule has 116 valence electrons. The summed E-state index contributed by atoms with van der Waals surface area (Å²) < 4.78 is 14.4. The molecule has 1 saturated carbocycles. The van der Waals surface area contributed by atoms with Gasteiger partial charge in [0, 0.05) is 22.8 Å². The number of halogens is 3. The lowest BCUT2D eigenvalue weighted by atomic mass is 10.2. The van der Waals surface area contributed by atoms with Crippen molar-refractivity contribution in [2.75, 3.05) is 10.6 Å². The molecule has 22 heavy (non-hydrogen) atoms. The molecule has 2 aromatic heterocycles. The van der Waals surface area contributed by atoms with Crippen LogP contribution in [0, 0.1) is 5.82 Å². The first-order valence-corrected chi connectivity index (χ1v) is 8.09. The van der Waals surface area contributed by atoms with E-state index in [-0.39, 0.29) is 23.7 Å². The van der Waals surface area contributed by atoms with Gasteiger partial charge in [0.05, 0.1) is 17.4 Å². The average Bonchev–Trinajstić information content (AvgIpc) is 2.92. The Bertz CT molecular complexity index is 654. The largest absolute Gasteiger partial charge is 0.365 e. The van der Waals surface area contributed by atoms with Crippen LogP contribution in [0.25, 0.3) is 0 Å². The maximum atomic E-state index is 13.8. The Morgan fingerprint density at radius 3 is 2.45 bits per heavy atom. The van der Waals surface area contributed by atoms with Crippen LogP contribution in [-0.2, 0) is 0 Å². The van der Waals surface area contributed by atoms with E-state index in [0.29, 0.717) is 15.4 Å². The molecule has 1 aliphatic carbocycles. The molecule has 2 N–H and O–H groups in total. The SMILES string of the molecule is Fc1cc(Br)cnc1N[C@H]1CC[C@H](Nc2ncc(Cl)cn2)C1. The molecule has 2 heterocycles. The Labute approximate surface area is 140 Å². The van der Waals surface area contributed by atoms with E-state index in [1.165, 1.54) is 6.07 Å². The fraction of sp³-hybridized carbons (Fsp3) is 0.357. The molecule has 2 atom stereocenters. The lowest BCUT2D eigenvalue weighted by Gasteiger charge is -2.15. The van der Waals surface area contributed by atoms with E-state index in [0.717, 1.165) is 19.3 Å². The van der Waals surface area contributed by atoms with Crippen LogP contribution >= 0.6 is 27.5 Å². The number of anilines is 2. The molecule has 0 saturated heterocycles. The summed E-state index contributed by atoms with van der Waals surface area (Å²) >= 11 is 8.96. The van der Waals surface area contributed by atoms with Crippen LogP contribution in [0.3, 0.4) is 0 Å². The Hall–Kier alpha value is -1.47. The summed E-state index contributed by atoms with van der Waals surface area (Å²) in [4.78, 5) is 12.3. The van der Waals surface area contributed by atoms with Gasteiger partial charge in [0.15, 0.2) is 11.6 Å². The maximum Gasteiger partial charge on any atom is 0.222 e. The van der Waals surface area contributed by atoms with Crippen molar-refractivity contribution in [2.45, 2.75) is 31.3 Å². The molecule has 1 aliphatic rings. The van der Waals surface area contributed by atoms with Gasteiger partial charge in [0.1, 0.15) is 0 Å². The fourth-order valence-electron chi connectivity index (χ4n) is 2.53. The molecule has 0 bridgehead atoms. The van der Waals surface area contributed by atoms with Crippen LogP contribution in [-0.4, -0.2) is 27.0 Å². The minimum absolute atomic E-state index is 0.174. The van der Waals surface area contributed by atoms with Crippen molar-refractivity contribution in [3.05, 3.63) is 40.0 Å². The van der Waals surface area contributed by atoms with Gasteiger partial charge < -0.3 is 10.6 Å². The first kappa shape index (κ1) is 15.4. The van der Waals surface area contributed by atoms with Crippen molar-refractivity contribution in [2.24, 2.45) is 0 Å². The Morgan fingerprint density at radius 2 is 1.77 bits per heavy atom. The second-order valence-electron chi connectivity index (χ2n) is 5.20. The van der Waals surface area contributed by atoms with Crippen molar-refractivity contribution in [1.29, 1.82) is 0 Å². The first-order valence-electron chi connectivity index (χ1n) is 6.92. The van der Waals surface area contributed by atoms with E-state index in [9.17, 15) is 4.39 Å². The fourth-order valence-corrected chi connectivity index (χ4v) is 2.93. The van der Waals surface area contributed by atoms with Crippen molar-refractivity contribution in [3.8, 4) is 0 Å². The van der Waals surface area contributed by atoms with E-state index in [4.69, 9.17) is 11.6 Å². The van der Waals surface area contributed by atoms with Crippen LogP contribution in [0.4, 0.5) is 16.2 Å². The van der Waals surface area contributed by atoms with Crippen LogP contribution in [0.5, 0.6) is 0 Å². The second kappa shape index (κ2) is 6.75. The van der Waals surface area contributed by atoms with Gasteiger partial charge in [0.2, 0.25) is 5.95 Å². The van der Waals surface area contributed by atoms with Crippen molar-refractivity contribution < 1.29 is 4.39 Å². The third-order valence-corrected chi connectivity index (χ3v) is 4.16. The lowest BCUT2D eigenvalue weighted by molar-refractivity contribution is 0.615. The van der Waals surface area contributed by atoms with Gasteiger partial charge in [-0.05, 0) is 41.3 Å². The Balaban J connectivity index is 1.57. The molecule has 0 amide bonds. The number of hydrogen-bond acceptors (Lipinski definition) is 5. The minimum Gasteiger partial charge on any atom is -0.365 e. The molecule has 0 radical (unpaired) electrons. The van der Waals surface area contributed by atoms with Gasteiger partial charge in [-0.2, -0.15) is 0 Å². The molecular weight excluding hydrogens is 373 g/mol. The predicted octanol–water partition coefficient (Wildman–Crippen LogP) is 3.87. The van der Waals surface area contributed by atoms with Crippen LogP contribution in [0.1, 0.15) is 19.3 Å². The third kappa shape index (κ3) is 3.84. The smallest absolute Gasteiger partial charge is 0.222 e. The zero-order chi connectivity index (χ0) is 15.5. The zero-order valence-corrected chi connectivity index (χ0v) is 13.9. The summed E-state index contributed by atoms with van der Waals surface area (Å²) in [7, 11) is 0. The van der Waals surface area contributed by atoms with Gasteiger partial charge in [0.25, 0.3) is 0 Å². The summed E-state index contributed by atoms with van der Waals surface area (Å²) in [5, 5.41) is 6.93. The summed E-state index contributed by atoms with van der Waals surface area (Å²) in [6.07, 6.45) is 7.44. The van der Waals surface area contributed by atoms with Crippen LogP contribution in [0.15, 0.2) is 29.1 Å². The van der Waals surface area contributed by atoms with E-state index < -0.39 is 0 Å². The molecule has 1 fully saturated rings. The van der Waals surface area contributed by atoms with E-state index in [1.54, 1.807) is 18.6 Å². The number of pyridine rings is 1. The molecule has 0 spiro atoms. The number of hydrogen-bond donors (Lipinski definition) is 2. The minimum atomic E-state index is -0.355. The molecule has 5 nitrogen and oxygen atoms in total. The van der Waals surface area contributed by atoms with E-state index in [2.05, 4.69) is 41.5 Å². The number of nitrogens with zero attached hydrogens (tertiary/aromatic N) is 3. The quantitative estimate of drug-likeness (QED) is 0.835. The highest BCUT2D eigenvalue weighted by molar-refractivity contribution is 9.10. The monoisotopic (exact) mass is 385 g/mol. The molecule has 8 heteroatoms. The normalized spacial score (nSPS) is 20.9. The third-order valence-electron chi connectivity index (χ3n) is 3.53. The summed E-state index contributed by atoms with van der Waals surface area (Å²) in [6, 6.07) is 1.83. The second-order valence-corrected chi connectivity index (χ2v) is 6.56. The van der Waals surface area contributed by atoms with Gasteiger partial charge >= 0.3 is 0 Å². The average molecular weight is 387 g/mol. The van der Waals surface area contributed by atoms with Gasteiger partial charge in [-0.15, -0.1) is 0 Å². The molecule has 0 aliphatic heterocycles. The first-order chi connectivity index (χ1) is 10.6. The zero-order valence-electron chi connectivity index (χ0n) is 11.6. The topological polar surface area (TPSA) is 62.7 Å². The highest BCUT2D eigenvalue weighted by Crippen LogP contribution is 2.26. The number of nitrogens with one attached hydrogen (secondary N) is 2. The summed E-state index contributed by atoms with van der Waals surface area (Å²) in [5.41, 5.74) is 0. The van der Waals surface area contributed by atoms with Crippen molar-refractivity contribution >= 4 is 39.3 Å². The van der Waals surface area contributed by atoms with E-state index >= 15 is 0 Å². The van der Waals surface area contributed by atoms with Crippen molar-refractivity contribution in [1.82, 2.24) is 15.0 Å². The van der Waals surface area contributed by atoms with E-state index in [1.807, 2.05) is 0 Å². The van der Waals surface area contributed by atoms with Crippen LogP contribution in [0.2, 0.25) is 5.02 Å². The lowest BCUT2D eigenvalue weighted by Crippen LogP contribution is -2.22. The Morgan fingerprint density at radius 1 is 1.09 bits per heavy atom. The molecule has 0 aromatic carbocycles. The standard InChI is InChI=1S/C14H14BrClFN5/c15-8-3-12(17)13(18-5-8)21-10-1-2-11(4-10)22-14-19-6-9(16)7-20-14/h3,5-7,10-11H,1-2,4H2,(H,18,21)(H,19,20,22)/t10-,11-/m0/s1. The van der Waals surface area contributed by atoms with Gasteiger partial charge in [-0.3, -0.25) is 0 Å². The number of aromatic nitrogens is 3. The van der Waals surface area contributed by atoms with Gasteiger partial charge in [-0.1, -0.05) is 11.6 Å². The Kier molecular flexibility index (Phi) is 4.73. The van der Waals surface area contributed by atoms with Gasteiger partial charge in [-0.25, -0.2) is 19.3 Å². The maximum absolute atomic E-state index is 13.8.